The summed E-state index contributed by atoms with van der Waals surface area (Å²) in [6.45, 7) is 1.84. The lowest BCUT2D eigenvalue weighted by atomic mass is 10.1. The summed E-state index contributed by atoms with van der Waals surface area (Å²) in [6, 6.07) is 5.39. The minimum atomic E-state index is 0.351. The number of pyridine rings is 1. The molecule has 0 atom stereocenters. The Balaban J connectivity index is 2.55. The predicted octanol–water partition coefficient (Wildman–Crippen LogP) is 2.31. The Kier molecular flexibility index (Phi) is 2.40. The number of H-pyrrole nitrogens is 1. The second-order valence-corrected chi connectivity index (χ2v) is 3.43. The summed E-state index contributed by atoms with van der Waals surface area (Å²) in [5.74, 6) is 0. The van der Waals surface area contributed by atoms with Gasteiger partial charge in [0.15, 0.2) is 0 Å². The first-order valence-corrected chi connectivity index (χ1v) is 4.67. The van der Waals surface area contributed by atoms with Crippen LogP contribution >= 0.6 is 11.6 Å². The fraction of sp³-hybridized carbons (Fsp3) is 0.100. The topological polar surface area (TPSA) is 65.4 Å². The van der Waals surface area contributed by atoms with Gasteiger partial charge in [-0.15, -0.1) is 0 Å². The number of hydrogen-bond acceptors (Lipinski definition) is 3. The number of nitrogens with one attached hydrogen (secondary N) is 1. The molecule has 0 aliphatic carbocycles. The molecule has 2 aromatic heterocycles. The highest BCUT2D eigenvalue weighted by Crippen LogP contribution is 2.27. The number of rotatable bonds is 1. The number of aromatic amines is 1. The maximum absolute atomic E-state index is 8.71. The van der Waals surface area contributed by atoms with Crippen LogP contribution in [-0.4, -0.2) is 15.2 Å². The molecule has 5 heteroatoms. The standard InChI is InChI=1S/C10H7ClN4/c1-6-9(11)10(15-14-6)7-2-3-13-8(4-7)5-12/h2-4H,1H3,(H,14,15). The van der Waals surface area contributed by atoms with Crippen LogP contribution in [-0.2, 0) is 0 Å². The monoisotopic (exact) mass is 218 g/mol. The number of aromatic nitrogens is 3. The summed E-state index contributed by atoms with van der Waals surface area (Å²) in [4.78, 5) is 3.88. The van der Waals surface area contributed by atoms with Crippen LogP contribution in [0, 0.1) is 18.3 Å². The van der Waals surface area contributed by atoms with Crippen LogP contribution in [0.3, 0.4) is 0 Å². The van der Waals surface area contributed by atoms with Crippen LogP contribution in [0.15, 0.2) is 18.3 Å². The average molecular weight is 219 g/mol. The lowest BCUT2D eigenvalue weighted by Gasteiger charge is -1.97. The molecule has 0 bridgehead atoms. The summed E-state index contributed by atoms with van der Waals surface area (Å²) in [6.07, 6.45) is 1.56. The Bertz CT molecular complexity index is 539. The van der Waals surface area contributed by atoms with Gasteiger partial charge in [0.2, 0.25) is 0 Å². The number of nitriles is 1. The van der Waals surface area contributed by atoms with Gasteiger partial charge in [-0.25, -0.2) is 4.98 Å². The smallest absolute Gasteiger partial charge is 0.141 e. The van der Waals surface area contributed by atoms with Gasteiger partial charge >= 0.3 is 0 Å². The third kappa shape index (κ3) is 1.69. The van der Waals surface area contributed by atoms with Crippen molar-refractivity contribution in [1.29, 1.82) is 5.26 Å². The van der Waals surface area contributed by atoms with Crippen molar-refractivity contribution in [2.75, 3.05) is 0 Å². The molecule has 0 radical (unpaired) electrons. The molecule has 15 heavy (non-hydrogen) atoms. The summed E-state index contributed by atoms with van der Waals surface area (Å²) in [7, 11) is 0. The summed E-state index contributed by atoms with van der Waals surface area (Å²) >= 11 is 6.04. The molecule has 0 fully saturated rings. The lowest BCUT2D eigenvalue weighted by Crippen LogP contribution is -1.84. The van der Waals surface area contributed by atoms with Crippen molar-refractivity contribution in [2.24, 2.45) is 0 Å². The Labute approximate surface area is 91.5 Å². The van der Waals surface area contributed by atoms with E-state index in [1.165, 1.54) is 0 Å². The molecule has 2 heterocycles. The average Bonchev–Trinajstić information content (AvgIpc) is 2.60. The zero-order valence-corrected chi connectivity index (χ0v) is 8.71. The maximum atomic E-state index is 8.71. The van der Waals surface area contributed by atoms with Crippen molar-refractivity contribution in [2.45, 2.75) is 6.92 Å². The number of aryl methyl sites for hydroxylation is 1. The summed E-state index contributed by atoms with van der Waals surface area (Å²) < 4.78 is 0. The van der Waals surface area contributed by atoms with E-state index in [1.807, 2.05) is 13.0 Å². The molecular weight excluding hydrogens is 212 g/mol. The highest BCUT2D eigenvalue weighted by atomic mass is 35.5. The SMILES string of the molecule is Cc1[nH]nc(-c2ccnc(C#N)c2)c1Cl. The minimum Gasteiger partial charge on any atom is -0.281 e. The van der Waals surface area contributed by atoms with Gasteiger partial charge in [-0.05, 0) is 19.1 Å². The minimum absolute atomic E-state index is 0.351. The van der Waals surface area contributed by atoms with E-state index in [9.17, 15) is 0 Å². The van der Waals surface area contributed by atoms with Crippen molar-refractivity contribution < 1.29 is 0 Å². The molecule has 0 aliphatic rings. The van der Waals surface area contributed by atoms with Crippen molar-refractivity contribution in [3.8, 4) is 17.3 Å². The first kappa shape index (κ1) is 9.69. The van der Waals surface area contributed by atoms with Crippen LogP contribution in [0.1, 0.15) is 11.4 Å². The van der Waals surface area contributed by atoms with Crippen LogP contribution in [0.2, 0.25) is 5.02 Å². The van der Waals surface area contributed by atoms with E-state index >= 15 is 0 Å². The summed E-state index contributed by atoms with van der Waals surface area (Å²) in [5, 5.41) is 16.1. The Hall–Kier alpha value is -1.86. The molecule has 1 N–H and O–H groups in total. The largest absolute Gasteiger partial charge is 0.281 e. The number of nitrogens with zero attached hydrogens (tertiary/aromatic N) is 3. The van der Waals surface area contributed by atoms with Crippen LogP contribution < -0.4 is 0 Å². The van der Waals surface area contributed by atoms with Gasteiger partial charge in [0.25, 0.3) is 0 Å². The van der Waals surface area contributed by atoms with Crippen molar-refractivity contribution in [3.63, 3.8) is 0 Å². The van der Waals surface area contributed by atoms with E-state index < -0.39 is 0 Å². The highest BCUT2D eigenvalue weighted by Gasteiger charge is 2.10. The third-order valence-corrected chi connectivity index (χ3v) is 2.48. The molecule has 0 unspecified atom stereocenters. The molecule has 74 valence electrons. The Morgan fingerprint density at radius 1 is 1.53 bits per heavy atom. The van der Waals surface area contributed by atoms with Gasteiger partial charge in [0, 0.05) is 11.8 Å². The molecule has 0 aromatic carbocycles. The maximum Gasteiger partial charge on any atom is 0.141 e. The number of hydrogen-bond donors (Lipinski definition) is 1. The molecule has 0 amide bonds. The van der Waals surface area contributed by atoms with Gasteiger partial charge in [0.1, 0.15) is 17.5 Å². The van der Waals surface area contributed by atoms with Gasteiger partial charge in [-0.1, -0.05) is 11.6 Å². The second kappa shape index (κ2) is 3.71. The lowest BCUT2D eigenvalue weighted by molar-refractivity contribution is 1.05. The Morgan fingerprint density at radius 3 is 2.93 bits per heavy atom. The molecule has 0 spiro atoms. The van der Waals surface area contributed by atoms with Gasteiger partial charge in [-0.2, -0.15) is 10.4 Å². The zero-order valence-electron chi connectivity index (χ0n) is 7.95. The predicted molar refractivity (Wildman–Crippen MR) is 56.3 cm³/mol. The second-order valence-electron chi connectivity index (χ2n) is 3.05. The van der Waals surface area contributed by atoms with E-state index in [1.54, 1.807) is 18.3 Å². The molecule has 4 nitrogen and oxygen atoms in total. The first-order chi connectivity index (χ1) is 7.22. The first-order valence-electron chi connectivity index (χ1n) is 4.29. The normalized spacial score (nSPS) is 9.93. The summed E-state index contributed by atoms with van der Waals surface area (Å²) in [5.41, 5.74) is 2.59. The van der Waals surface area contributed by atoms with E-state index in [-0.39, 0.29) is 0 Å². The molecule has 2 rings (SSSR count). The molecule has 0 aliphatic heterocycles. The van der Waals surface area contributed by atoms with E-state index in [0.717, 1.165) is 11.3 Å². The fourth-order valence-corrected chi connectivity index (χ4v) is 1.44. The number of halogens is 1. The van der Waals surface area contributed by atoms with E-state index in [2.05, 4.69) is 15.2 Å². The van der Waals surface area contributed by atoms with Crippen LogP contribution in [0.25, 0.3) is 11.3 Å². The fourth-order valence-electron chi connectivity index (χ4n) is 1.25. The van der Waals surface area contributed by atoms with Crippen molar-refractivity contribution in [3.05, 3.63) is 34.7 Å². The van der Waals surface area contributed by atoms with Gasteiger partial charge in [-0.3, -0.25) is 5.10 Å². The quantitative estimate of drug-likeness (QED) is 0.799. The Morgan fingerprint density at radius 2 is 2.33 bits per heavy atom. The van der Waals surface area contributed by atoms with Gasteiger partial charge < -0.3 is 0 Å². The van der Waals surface area contributed by atoms with Crippen LogP contribution in [0.5, 0.6) is 0 Å². The highest BCUT2D eigenvalue weighted by molar-refractivity contribution is 6.33. The zero-order chi connectivity index (χ0) is 10.8. The molecule has 2 aromatic rings. The molecule has 0 saturated carbocycles. The molecule has 0 saturated heterocycles. The van der Waals surface area contributed by atoms with E-state index in [4.69, 9.17) is 16.9 Å². The van der Waals surface area contributed by atoms with Gasteiger partial charge in [0.05, 0.1) is 10.7 Å². The van der Waals surface area contributed by atoms with Crippen molar-refractivity contribution in [1.82, 2.24) is 15.2 Å². The van der Waals surface area contributed by atoms with Crippen LogP contribution in [0.4, 0.5) is 0 Å². The molecular formula is C10H7ClN4. The third-order valence-electron chi connectivity index (χ3n) is 2.02. The van der Waals surface area contributed by atoms with E-state index in [0.29, 0.717) is 16.4 Å². The van der Waals surface area contributed by atoms with Crippen molar-refractivity contribution >= 4 is 11.6 Å².